The molecule has 0 fully saturated rings. The summed E-state index contributed by atoms with van der Waals surface area (Å²) in [7, 11) is 0. The molecule has 3 rings (SSSR count). The molecule has 0 aliphatic carbocycles. The SMILES string of the molecule is C[C@@H](Oc1ccc2ccccc2c1)C(=O)Nc1ccc(Cl)c(C(F)(F)F)c1. The second kappa shape index (κ2) is 7.48. The van der Waals surface area contributed by atoms with Crippen molar-refractivity contribution in [2.24, 2.45) is 0 Å². The van der Waals surface area contributed by atoms with Crippen LogP contribution in [0.4, 0.5) is 18.9 Å². The lowest BCUT2D eigenvalue weighted by Gasteiger charge is -2.16. The Bertz CT molecular complexity index is 988. The summed E-state index contributed by atoms with van der Waals surface area (Å²) in [6, 6.07) is 16.3. The number of benzene rings is 3. The van der Waals surface area contributed by atoms with Gasteiger partial charge < -0.3 is 10.1 Å². The lowest BCUT2D eigenvalue weighted by molar-refractivity contribution is -0.137. The third-order valence-electron chi connectivity index (χ3n) is 3.94. The average molecular weight is 394 g/mol. The van der Waals surface area contributed by atoms with Gasteiger partial charge in [0.2, 0.25) is 0 Å². The van der Waals surface area contributed by atoms with Crippen molar-refractivity contribution in [1.29, 1.82) is 0 Å². The zero-order chi connectivity index (χ0) is 19.6. The number of nitrogens with one attached hydrogen (secondary N) is 1. The van der Waals surface area contributed by atoms with E-state index >= 15 is 0 Å². The topological polar surface area (TPSA) is 38.3 Å². The second-order valence-corrected chi connectivity index (χ2v) is 6.36. The average Bonchev–Trinajstić information content (AvgIpc) is 2.62. The number of anilines is 1. The Kier molecular flexibility index (Phi) is 5.28. The highest BCUT2D eigenvalue weighted by Crippen LogP contribution is 2.36. The Balaban J connectivity index is 1.72. The Hall–Kier alpha value is -2.73. The molecule has 27 heavy (non-hydrogen) atoms. The van der Waals surface area contributed by atoms with Gasteiger partial charge in [0.25, 0.3) is 5.91 Å². The Morgan fingerprint density at radius 3 is 2.44 bits per heavy atom. The first-order valence-electron chi connectivity index (χ1n) is 8.07. The van der Waals surface area contributed by atoms with E-state index in [2.05, 4.69) is 5.32 Å². The van der Waals surface area contributed by atoms with Crippen molar-refractivity contribution in [1.82, 2.24) is 0 Å². The number of carbonyl (C=O) groups is 1. The third-order valence-corrected chi connectivity index (χ3v) is 4.27. The van der Waals surface area contributed by atoms with E-state index in [4.69, 9.17) is 16.3 Å². The van der Waals surface area contributed by atoms with E-state index in [-0.39, 0.29) is 5.69 Å². The number of ether oxygens (including phenoxy) is 1. The van der Waals surface area contributed by atoms with E-state index in [0.29, 0.717) is 5.75 Å². The van der Waals surface area contributed by atoms with Gasteiger partial charge in [-0.15, -0.1) is 0 Å². The summed E-state index contributed by atoms with van der Waals surface area (Å²) in [5.41, 5.74) is -1.02. The van der Waals surface area contributed by atoms with Crippen LogP contribution in [0.25, 0.3) is 10.8 Å². The van der Waals surface area contributed by atoms with Crippen LogP contribution in [-0.4, -0.2) is 12.0 Å². The van der Waals surface area contributed by atoms with Crippen LogP contribution in [0.1, 0.15) is 12.5 Å². The van der Waals surface area contributed by atoms with Crippen molar-refractivity contribution in [2.75, 3.05) is 5.32 Å². The number of amides is 1. The molecular formula is C20H15ClF3NO2. The monoisotopic (exact) mass is 393 g/mol. The van der Waals surface area contributed by atoms with Crippen LogP contribution in [-0.2, 0) is 11.0 Å². The van der Waals surface area contributed by atoms with Gasteiger partial charge in [-0.1, -0.05) is 41.9 Å². The maximum absolute atomic E-state index is 12.9. The van der Waals surface area contributed by atoms with Gasteiger partial charge in [0.15, 0.2) is 6.10 Å². The Morgan fingerprint density at radius 1 is 1.04 bits per heavy atom. The maximum atomic E-state index is 12.9. The molecule has 0 heterocycles. The number of hydrogen-bond acceptors (Lipinski definition) is 2. The fourth-order valence-corrected chi connectivity index (χ4v) is 2.79. The molecule has 1 N–H and O–H groups in total. The molecule has 1 amide bonds. The number of rotatable bonds is 4. The van der Waals surface area contributed by atoms with E-state index in [1.165, 1.54) is 13.0 Å². The lowest BCUT2D eigenvalue weighted by atomic mass is 10.1. The summed E-state index contributed by atoms with van der Waals surface area (Å²) in [5, 5.41) is 3.97. The molecule has 140 valence electrons. The van der Waals surface area contributed by atoms with Crippen molar-refractivity contribution in [2.45, 2.75) is 19.2 Å². The van der Waals surface area contributed by atoms with Gasteiger partial charge in [0, 0.05) is 5.69 Å². The van der Waals surface area contributed by atoms with Gasteiger partial charge in [-0.05, 0) is 48.0 Å². The number of alkyl halides is 3. The lowest BCUT2D eigenvalue weighted by Crippen LogP contribution is -2.30. The highest BCUT2D eigenvalue weighted by atomic mass is 35.5. The summed E-state index contributed by atoms with van der Waals surface area (Å²) in [5.74, 6) is -0.0814. The largest absolute Gasteiger partial charge is 0.481 e. The van der Waals surface area contributed by atoms with Crippen molar-refractivity contribution in [3.05, 3.63) is 71.2 Å². The number of fused-ring (bicyclic) bond motifs is 1. The molecular weight excluding hydrogens is 379 g/mol. The Morgan fingerprint density at radius 2 is 1.74 bits per heavy atom. The minimum Gasteiger partial charge on any atom is -0.481 e. The van der Waals surface area contributed by atoms with Gasteiger partial charge in [0.05, 0.1) is 10.6 Å². The van der Waals surface area contributed by atoms with Crippen LogP contribution in [0.2, 0.25) is 5.02 Å². The van der Waals surface area contributed by atoms with Gasteiger partial charge in [0.1, 0.15) is 5.75 Å². The highest BCUT2D eigenvalue weighted by Gasteiger charge is 2.33. The Labute approximate surface area is 158 Å². The normalized spacial score (nSPS) is 12.6. The van der Waals surface area contributed by atoms with E-state index in [9.17, 15) is 18.0 Å². The molecule has 0 saturated heterocycles. The molecule has 0 saturated carbocycles. The van der Waals surface area contributed by atoms with Gasteiger partial charge in [-0.25, -0.2) is 0 Å². The summed E-state index contributed by atoms with van der Waals surface area (Å²) in [6.07, 6.45) is -5.51. The van der Waals surface area contributed by atoms with Crippen LogP contribution in [0, 0.1) is 0 Å². The smallest absolute Gasteiger partial charge is 0.417 e. The second-order valence-electron chi connectivity index (χ2n) is 5.95. The molecule has 0 spiro atoms. The van der Waals surface area contributed by atoms with Crippen LogP contribution >= 0.6 is 11.6 Å². The number of halogens is 4. The molecule has 3 aromatic carbocycles. The molecule has 3 aromatic rings. The first-order chi connectivity index (χ1) is 12.7. The molecule has 0 bridgehead atoms. The van der Waals surface area contributed by atoms with Crippen LogP contribution in [0.3, 0.4) is 0 Å². The van der Waals surface area contributed by atoms with Gasteiger partial charge in [-0.3, -0.25) is 4.79 Å². The maximum Gasteiger partial charge on any atom is 0.417 e. The minimum atomic E-state index is -4.61. The summed E-state index contributed by atoms with van der Waals surface area (Å²) in [6.45, 7) is 1.52. The third kappa shape index (κ3) is 4.52. The van der Waals surface area contributed by atoms with Crippen LogP contribution in [0.5, 0.6) is 5.75 Å². The minimum absolute atomic E-state index is 0.00862. The van der Waals surface area contributed by atoms with E-state index in [0.717, 1.165) is 22.9 Å². The first-order valence-corrected chi connectivity index (χ1v) is 8.45. The first kappa shape index (κ1) is 19.0. The highest BCUT2D eigenvalue weighted by molar-refractivity contribution is 6.31. The molecule has 3 nitrogen and oxygen atoms in total. The zero-order valence-electron chi connectivity index (χ0n) is 14.2. The molecule has 7 heteroatoms. The van der Waals surface area contributed by atoms with E-state index in [1.807, 2.05) is 30.3 Å². The predicted octanol–water partition coefficient (Wildman–Crippen LogP) is 5.92. The van der Waals surface area contributed by atoms with Crippen molar-refractivity contribution < 1.29 is 22.7 Å². The summed E-state index contributed by atoms with van der Waals surface area (Å²) in [4.78, 5) is 12.3. The van der Waals surface area contributed by atoms with E-state index in [1.54, 1.807) is 12.1 Å². The fourth-order valence-electron chi connectivity index (χ4n) is 2.56. The zero-order valence-corrected chi connectivity index (χ0v) is 14.9. The summed E-state index contributed by atoms with van der Waals surface area (Å²) >= 11 is 5.58. The molecule has 0 aliphatic rings. The standard InChI is InChI=1S/C20H15ClF3NO2/c1-12(27-16-8-6-13-4-2-3-5-14(13)10-16)19(26)25-15-7-9-18(21)17(11-15)20(22,23)24/h2-12H,1H3,(H,25,26)/t12-/m1/s1. The number of carbonyl (C=O) groups excluding carboxylic acids is 1. The quantitative estimate of drug-likeness (QED) is 0.597. The van der Waals surface area contributed by atoms with Gasteiger partial charge in [-0.2, -0.15) is 13.2 Å². The van der Waals surface area contributed by atoms with Crippen molar-refractivity contribution in [3.63, 3.8) is 0 Å². The van der Waals surface area contributed by atoms with Crippen molar-refractivity contribution >= 4 is 34.0 Å². The molecule has 0 radical (unpaired) electrons. The number of hydrogen-bond donors (Lipinski definition) is 1. The molecule has 0 unspecified atom stereocenters. The van der Waals surface area contributed by atoms with E-state index < -0.39 is 28.8 Å². The van der Waals surface area contributed by atoms with Gasteiger partial charge >= 0.3 is 6.18 Å². The van der Waals surface area contributed by atoms with Crippen LogP contribution < -0.4 is 10.1 Å². The molecule has 1 atom stereocenters. The molecule has 0 aromatic heterocycles. The molecule has 0 aliphatic heterocycles. The fraction of sp³-hybridized carbons (Fsp3) is 0.150. The predicted molar refractivity (Wildman–Crippen MR) is 99.1 cm³/mol. The summed E-state index contributed by atoms with van der Waals surface area (Å²) < 4.78 is 44.4. The van der Waals surface area contributed by atoms with Crippen molar-refractivity contribution in [3.8, 4) is 5.75 Å². The van der Waals surface area contributed by atoms with Crippen LogP contribution in [0.15, 0.2) is 60.7 Å².